The maximum Gasteiger partial charge on any atom is 0.418 e. The van der Waals surface area contributed by atoms with Crippen molar-refractivity contribution in [1.82, 2.24) is 9.78 Å². The third-order valence-electron chi connectivity index (χ3n) is 3.28. The second-order valence-corrected chi connectivity index (χ2v) is 7.28. The molecule has 0 saturated heterocycles. The van der Waals surface area contributed by atoms with E-state index in [0.29, 0.717) is 0 Å². The summed E-state index contributed by atoms with van der Waals surface area (Å²) in [5.74, 6) is 0.0503. The molecule has 11 heteroatoms. The molecule has 1 aromatic carbocycles. The van der Waals surface area contributed by atoms with Crippen LogP contribution in [-0.2, 0) is 16.2 Å². The van der Waals surface area contributed by atoms with E-state index < -0.39 is 32.3 Å². The van der Waals surface area contributed by atoms with Gasteiger partial charge in [0.1, 0.15) is 10.7 Å². The van der Waals surface area contributed by atoms with E-state index in [2.05, 4.69) is 21.0 Å². The average Bonchev–Trinajstić information content (AvgIpc) is 3.15. The van der Waals surface area contributed by atoms with Gasteiger partial charge in [0.25, 0.3) is 0 Å². The van der Waals surface area contributed by atoms with Crippen LogP contribution in [0.1, 0.15) is 5.56 Å². The van der Waals surface area contributed by atoms with Gasteiger partial charge in [-0.05, 0) is 46.3 Å². The molecule has 0 aliphatic rings. The zero-order valence-electron chi connectivity index (χ0n) is 12.2. The number of sulfonamides is 1. The maximum atomic E-state index is 13.6. The molecule has 0 aliphatic carbocycles. The summed E-state index contributed by atoms with van der Waals surface area (Å²) in [7, 11) is -4.48. The van der Waals surface area contributed by atoms with E-state index in [-0.39, 0.29) is 16.0 Å². The Labute approximate surface area is 148 Å². The van der Waals surface area contributed by atoms with Gasteiger partial charge in [-0.15, -0.1) is 0 Å². The largest absolute Gasteiger partial charge is 0.449 e. The number of halogens is 4. The Morgan fingerprint density at radius 2 is 1.96 bits per heavy atom. The summed E-state index contributed by atoms with van der Waals surface area (Å²) in [5, 5.41) is 8.86. The number of nitrogens with zero attached hydrogens (tertiary/aromatic N) is 2. The minimum absolute atomic E-state index is 0.0503. The van der Waals surface area contributed by atoms with Gasteiger partial charge < -0.3 is 4.42 Å². The topological polar surface area (TPSA) is 91.1 Å². The van der Waals surface area contributed by atoms with Crippen LogP contribution in [0.4, 0.5) is 13.2 Å². The van der Waals surface area contributed by atoms with E-state index in [4.69, 9.17) is 9.56 Å². The lowest BCUT2D eigenvalue weighted by Crippen LogP contribution is -2.20. The lowest BCUT2D eigenvalue weighted by Gasteiger charge is -2.17. The van der Waals surface area contributed by atoms with Gasteiger partial charge in [-0.1, -0.05) is 0 Å². The zero-order valence-corrected chi connectivity index (χ0v) is 14.6. The van der Waals surface area contributed by atoms with Crippen LogP contribution < -0.4 is 5.14 Å². The van der Waals surface area contributed by atoms with Crippen molar-refractivity contribution >= 4 is 26.0 Å². The number of rotatable bonds is 3. The molecule has 3 aromatic rings. The third kappa shape index (κ3) is 3.48. The van der Waals surface area contributed by atoms with Crippen LogP contribution in [0.25, 0.3) is 17.0 Å². The molecule has 132 valence electrons. The summed E-state index contributed by atoms with van der Waals surface area (Å²) in [5.41, 5.74) is -1.96. The number of primary sulfonamides is 1. The van der Waals surface area contributed by atoms with Crippen LogP contribution in [0, 0.1) is 0 Å². The number of aromatic nitrogens is 2. The highest BCUT2D eigenvalue weighted by atomic mass is 79.9. The molecule has 0 saturated carbocycles. The number of alkyl halides is 3. The second kappa shape index (κ2) is 6.00. The smallest absolute Gasteiger partial charge is 0.418 e. The second-order valence-electron chi connectivity index (χ2n) is 4.97. The number of benzene rings is 1. The summed E-state index contributed by atoms with van der Waals surface area (Å²) in [4.78, 5) is -0.714. The number of hydrogen-bond donors (Lipinski definition) is 1. The Balaban J connectivity index is 2.42. The molecule has 0 bridgehead atoms. The normalized spacial score (nSPS) is 12.5. The van der Waals surface area contributed by atoms with E-state index in [0.717, 1.165) is 16.8 Å². The Morgan fingerprint density at radius 3 is 2.44 bits per heavy atom. The fourth-order valence-electron chi connectivity index (χ4n) is 2.29. The molecule has 25 heavy (non-hydrogen) atoms. The van der Waals surface area contributed by atoms with E-state index in [1.807, 2.05) is 0 Å². The molecular formula is C14H9BrF3N3O3S. The number of nitrogens with two attached hydrogens (primary N) is 1. The van der Waals surface area contributed by atoms with Crippen molar-refractivity contribution in [2.24, 2.45) is 5.14 Å². The molecule has 0 aliphatic heterocycles. The van der Waals surface area contributed by atoms with Crippen molar-refractivity contribution < 1.29 is 26.0 Å². The first kappa shape index (κ1) is 17.7. The molecule has 2 heterocycles. The van der Waals surface area contributed by atoms with Gasteiger partial charge in [-0.25, -0.2) is 18.2 Å². The Bertz CT molecular complexity index is 1030. The van der Waals surface area contributed by atoms with Crippen LogP contribution >= 0.6 is 15.9 Å². The van der Waals surface area contributed by atoms with Gasteiger partial charge in [-0.3, -0.25) is 0 Å². The monoisotopic (exact) mass is 435 g/mol. The summed E-state index contributed by atoms with van der Waals surface area (Å²) in [6, 6.07) is 6.05. The Hall–Kier alpha value is -2.11. The van der Waals surface area contributed by atoms with Crippen molar-refractivity contribution in [3.8, 4) is 17.0 Å². The van der Waals surface area contributed by atoms with Gasteiger partial charge in [-0.2, -0.15) is 18.3 Å². The summed E-state index contributed by atoms with van der Waals surface area (Å²) >= 11 is 3.05. The maximum absolute atomic E-state index is 13.6. The van der Waals surface area contributed by atoms with Gasteiger partial charge in [0.15, 0.2) is 4.67 Å². The molecule has 0 fully saturated rings. The fraction of sp³-hybridized carbons (Fsp3) is 0.0714. The van der Waals surface area contributed by atoms with E-state index in [1.54, 1.807) is 0 Å². The Morgan fingerprint density at radius 1 is 1.24 bits per heavy atom. The molecule has 0 spiro atoms. The third-order valence-corrected chi connectivity index (χ3v) is 4.63. The summed E-state index contributed by atoms with van der Waals surface area (Å²) < 4.78 is 71.0. The van der Waals surface area contributed by atoms with Crippen LogP contribution in [0.3, 0.4) is 0 Å². The van der Waals surface area contributed by atoms with Crippen LogP contribution in [-0.4, -0.2) is 18.2 Å². The molecule has 0 amide bonds. The average molecular weight is 436 g/mol. The first-order chi connectivity index (χ1) is 11.6. The summed E-state index contributed by atoms with van der Waals surface area (Å²) in [6.07, 6.45) is -2.42. The molecule has 2 N–H and O–H groups in total. The van der Waals surface area contributed by atoms with E-state index in [9.17, 15) is 21.6 Å². The highest BCUT2D eigenvalue weighted by Gasteiger charge is 2.38. The highest BCUT2D eigenvalue weighted by Crippen LogP contribution is 2.40. The minimum Gasteiger partial charge on any atom is -0.449 e. The van der Waals surface area contributed by atoms with Gasteiger partial charge in [0, 0.05) is 18.0 Å². The lowest BCUT2D eigenvalue weighted by atomic mass is 10.1. The number of hydrogen-bond acceptors (Lipinski definition) is 4. The molecule has 0 atom stereocenters. The quantitative estimate of drug-likeness (QED) is 0.680. The van der Waals surface area contributed by atoms with E-state index >= 15 is 0 Å². The molecular weight excluding hydrogens is 427 g/mol. The molecule has 2 aromatic heterocycles. The van der Waals surface area contributed by atoms with Crippen LogP contribution in [0.15, 0.2) is 56.7 Å². The van der Waals surface area contributed by atoms with Crippen molar-refractivity contribution in [3.63, 3.8) is 0 Å². The molecule has 0 radical (unpaired) electrons. The van der Waals surface area contributed by atoms with Crippen molar-refractivity contribution in [2.45, 2.75) is 11.1 Å². The standard InChI is InChI=1S/C14H9BrF3N3O3S/c15-12-3-2-10(24-12)8-6-9(14(16,17)18)13(21-5-1-4-20-21)11(7-8)25(19,22)23/h1-7H,(H2,19,22,23). The Kier molecular flexibility index (Phi) is 4.25. The summed E-state index contributed by atoms with van der Waals surface area (Å²) in [6.45, 7) is 0. The van der Waals surface area contributed by atoms with Crippen molar-refractivity contribution in [2.75, 3.05) is 0 Å². The van der Waals surface area contributed by atoms with Crippen LogP contribution in [0.2, 0.25) is 0 Å². The van der Waals surface area contributed by atoms with Gasteiger partial charge in [0.05, 0.1) is 11.3 Å². The minimum atomic E-state index is -4.85. The lowest BCUT2D eigenvalue weighted by molar-refractivity contribution is -0.137. The SMILES string of the molecule is NS(=O)(=O)c1cc(-c2ccc(Br)o2)cc(C(F)(F)F)c1-n1cccn1. The van der Waals surface area contributed by atoms with Crippen molar-refractivity contribution in [3.05, 3.63) is 53.0 Å². The van der Waals surface area contributed by atoms with Crippen LogP contribution in [0.5, 0.6) is 0 Å². The van der Waals surface area contributed by atoms with E-state index in [1.165, 1.54) is 30.6 Å². The first-order valence-electron chi connectivity index (χ1n) is 6.61. The predicted octanol–water partition coefficient (Wildman–Crippen LogP) is 3.56. The highest BCUT2D eigenvalue weighted by molar-refractivity contribution is 9.10. The van der Waals surface area contributed by atoms with Crippen molar-refractivity contribution in [1.29, 1.82) is 0 Å². The van der Waals surface area contributed by atoms with Gasteiger partial charge >= 0.3 is 6.18 Å². The number of furan rings is 1. The zero-order chi connectivity index (χ0) is 18.4. The fourth-order valence-corrected chi connectivity index (χ4v) is 3.36. The predicted molar refractivity (Wildman–Crippen MR) is 85.3 cm³/mol. The first-order valence-corrected chi connectivity index (χ1v) is 8.95. The molecule has 0 unspecified atom stereocenters. The molecule has 3 rings (SSSR count). The van der Waals surface area contributed by atoms with Gasteiger partial charge in [0.2, 0.25) is 10.0 Å². The molecule has 6 nitrogen and oxygen atoms in total.